The predicted octanol–water partition coefficient (Wildman–Crippen LogP) is 2.16. The van der Waals surface area contributed by atoms with E-state index >= 15 is 0 Å². The van der Waals surface area contributed by atoms with E-state index in [4.69, 9.17) is 5.73 Å². The Labute approximate surface area is 118 Å². The number of aryl methyl sites for hydroxylation is 2. The number of amides is 1. The lowest BCUT2D eigenvalue weighted by molar-refractivity contribution is -0.118. The molecule has 5 heteroatoms. The number of primary amides is 1. The highest BCUT2D eigenvalue weighted by atomic mass is 16.1. The van der Waals surface area contributed by atoms with E-state index in [9.17, 15) is 4.79 Å². The summed E-state index contributed by atoms with van der Waals surface area (Å²) in [6.45, 7) is 2.96. The molecular weight excluding hydrogens is 252 g/mol. The number of unbranched alkanes of at least 4 members (excludes halogenated alkanes) is 1. The standard InChI is InChI=1S/C15H20N4O/c1-2-3-11-19-14(10-9-13(16)20)17-15(18-19)12-7-5-4-6-8-12/h4-8H,2-3,9-11H2,1H3,(H2,16,20). The zero-order valence-electron chi connectivity index (χ0n) is 11.7. The largest absolute Gasteiger partial charge is 0.370 e. The lowest BCUT2D eigenvalue weighted by Gasteiger charge is -2.03. The lowest BCUT2D eigenvalue weighted by atomic mass is 10.2. The molecule has 0 unspecified atom stereocenters. The molecule has 0 saturated carbocycles. The molecule has 1 heterocycles. The number of nitrogens with two attached hydrogens (primary N) is 1. The summed E-state index contributed by atoms with van der Waals surface area (Å²) in [6.07, 6.45) is 2.98. The Morgan fingerprint density at radius 2 is 2.05 bits per heavy atom. The van der Waals surface area contributed by atoms with Gasteiger partial charge in [-0.25, -0.2) is 9.67 Å². The molecule has 0 atom stereocenters. The van der Waals surface area contributed by atoms with Crippen LogP contribution in [0.2, 0.25) is 0 Å². The van der Waals surface area contributed by atoms with E-state index in [-0.39, 0.29) is 5.91 Å². The highest BCUT2D eigenvalue weighted by Crippen LogP contribution is 2.16. The molecule has 0 spiro atoms. The fourth-order valence-electron chi connectivity index (χ4n) is 1.99. The monoisotopic (exact) mass is 272 g/mol. The van der Waals surface area contributed by atoms with E-state index < -0.39 is 0 Å². The van der Waals surface area contributed by atoms with E-state index in [1.165, 1.54) is 0 Å². The van der Waals surface area contributed by atoms with Crippen molar-refractivity contribution in [2.45, 2.75) is 39.2 Å². The molecule has 0 fully saturated rings. The Morgan fingerprint density at radius 3 is 2.70 bits per heavy atom. The Bertz CT molecular complexity index is 563. The second kappa shape index (κ2) is 6.84. The summed E-state index contributed by atoms with van der Waals surface area (Å²) in [7, 11) is 0. The van der Waals surface area contributed by atoms with Gasteiger partial charge in [-0.15, -0.1) is 0 Å². The number of hydrogen-bond acceptors (Lipinski definition) is 3. The van der Waals surface area contributed by atoms with Crippen LogP contribution in [0.15, 0.2) is 30.3 Å². The van der Waals surface area contributed by atoms with Crippen molar-refractivity contribution in [1.82, 2.24) is 14.8 Å². The summed E-state index contributed by atoms with van der Waals surface area (Å²) >= 11 is 0. The maximum Gasteiger partial charge on any atom is 0.217 e. The van der Waals surface area contributed by atoms with Crippen LogP contribution in [-0.2, 0) is 17.8 Å². The van der Waals surface area contributed by atoms with Gasteiger partial charge < -0.3 is 5.73 Å². The van der Waals surface area contributed by atoms with E-state index in [0.717, 1.165) is 30.8 Å². The Kier molecular flexibility index (Phi) is 4.87. The molecule has 20 heavy (non-hydrogen) atoms. The maximum absolute atomic E-state index is 10.9. The molecule has 0 saturated heterocycles. The minimum Gasteiger partial charge on any atom is -0.370 e. The van der Waals surface area contributed by atoms with Crippen molar-refractivity contribution < 1.29 is 4.79 Å². The van der Waals surface area contributed by atoms with Crippen LogP contribution in [0.3, 0.4) is 0 Å². The third kappa shape index (κ3) is 3.66. The van der Waals surface area contributed by atoms with E-state index in [0.29, 0.717) is 18.7 Å². The van der Waals surface area contributed by atoms with Gasteiger partial charge >= 0.3 is 0 Å². The average Bonchev–Trinajstić information content (AvgIpc) is 2.87. The summed E-state index contributed by atoms with van der Waals surface area (Å²) in [6, 6.07) is 9.86. The van der Waals surface area contributed by atoms with Crippen LogP contribution in [0.25, 0.3) is 11.4 Å². The fourth-order valence-corrected chi connectivity index (χ4v) is 1.99. The molecule has 2 aromatic rings. The zero-order valence-corrected chi connectivity index (χ0v) is 11.7. The Hall–Kier alpha value is -2.17. The van der Waals surface area contributed by atoms with Crippen molar-refractivity contribution in [1.29, 1.82) is 0 Å². The number of rotatable bonds is 7. The van der Waals surface area contributed by atoms with Crippen LogP contribution >= 0.6 is 0 Å². The molecule has 0 aliphatic carbocycles. The number of carbonyl (C=O) groups is 1. The average molecular weight is 272 g/mol. The maximum atomic E-state index is 10.9. The van der Waals surface area contributed by atoms with Gasteiger partial charge in [-0.05, 0) is 6.42 Å². The summed E-state index contributed by atoms with van der Waals surface area (Å²) in [5.74, 6) is 1.23. The Morgan fingerprint density at radius 1 is 1.30 bits per heavy atom. The van der Waals surface area contributed by atoms with Crippen molar-refractivity contribution in [3.63, 3.8) is 0 Å². The van der Waals surface area contributed by atoms with Crippen molar-refractivity contribution >= 4 is 5.91 Å². The highest BCUT2D eigenvalue weighted by molar-refractivity contribution is 5.73. The summed E-state index contributed by atoms with van der Waals surface area (Å²) in [4.78, 5) is 15.5. The van der Waals surface area contributed by atoms with Crippen molar-refractivity contribution in [3.8, 4) is 11.4 Å². The SMILES string of the molecule is CCCCn1nc(-c2ccccc2)nc1CCC(N)=O. The fraction of sp³-hybridized carbons (Fsp3) is 0.400. The molecule has 1 amide bonds. The van der Waals surface area contributed by atoms with Crippen molar-refractivity contribution in [3.05, 3.63) is 36.2 Å². The first-order chi connectivity index (χ1) is 9.70. The molecule has 2 rings (SSSR count). The normalized spacial score (nSPS) is 10.7. The van der Waals surface area contributed by atoms with Crippen molar-refractivity contribution in [2.75, 3.05) is 0 Å². The third-order valence-electron chi connectivity index (χ3n) is 3.10. The first-order valence-corrected chi connectivity index (χ1v) is 6.98. The van der Waals surface area contributed by atoms with Crippen LogP contribution in [0.5, 0.6) is 0 Å². The first-order valence-electron chi connectivity index (χ1n) is 6.98. The number of aromatic nitrogens is 3. The van der Waals surface area contributed by atoms with Crippen molar-refractivity contribution in [2.24, 2.45) is 5.73 Å². The van der Waals surface area contributed by atoms with Gasteiger partial charge in [0.1, 0.15) is 5.82 Å². The van der Waals surface area contributed by atoms with Gasteiger partial charge in [0.2, 0.25) is 5.91 Å². The van der Waals surface area contributed by atoms with Gasteiger partial charge in [-0.2, -0.15) is 5.10 Å². The number of carbonyl (C=O) groups excluding carboxylic acids is 1. The quantitative estimate of drug-likeness (QED) is 0.839. The van der Waals surface area contributed by atoms with Gasteiger partial charge in [-0.1, -0.05) is 43.7 Å². The number of nitrogens with zero attached hydrogens (tertiary/aromatic N) is 3. The summed E-state index contributed by atoms with van der Waals surface area (Å²) in [5.41, 5.74) is 6.20. The molecule has 0 aliphatic rings. The first kappa shape index (κ1) is 14.2. The van der Waals surface area contributed by atoms with Crippen LogP contribution in [0, 0.1) is 0 Å². The smallest absolute Gasteiger partial charge is 0.217 e. The van der Waals surface area contributed by atoms with Gasteiger partial charge in [0, 0.05) is 24.9 Å². The summed E-state index contributed by atoms with van der Waals surface area (Å²) in [5, 5.41) is 4.55. The number of hydrogen-bond donors (Lipinski definition) is 1. The number of benzene rings is 1. The molecule has 2 N–H and O–H groups in total. The zero-order chi connectivity index (χ0) is 14.4. The second-order valence-corrected chi connectivity index (χ2v) is 4.76. The topological polar surface area (TPSA) is 73.8 Å². The highest BCUT2D eigenvalue weighted by Gasteiger charge is 2.11. The van der Waals surface area contributed by atoms with Gasteiger partial charge in [0.25, 0.3) is 0 Å². The minimum atomic E-state index is -0.309. The van der Waals surface area contributed by atoms with Gasteiger partial charge in [0.15, 0.2) is 5.82 Å². The predicted molar refractivity (Wildman–Crippen MR) is 77.9 cm³/mol. The van der Waals surface area contributed by atoms with Gasteiger partial charge in [0.05, 0.1) is 0 Å². The molecule has 0 bridgehead atoms. The molecule has 1 aromatic carbocycles. The van der Waals surface area contributed by atoms with E-state index in [2.05, 4.69) is 17.0 Å². The van der Waals surface area contributed by atoms with Crippen LogP contribution in [0.4, 0.5) is 0 Å². The molecule has 0 aliphatic heterocycles. The molecule has 1 aromatic heterocycles. The Balaban J connectivity index is 2.24. The second-order valence-electron chi connectivity index (χ2n) is 4.76. The van der Waals surface area contributed by atoms with Crippen LogP contribution < -0.4 is 5.73 Å². The van der Waals surface area contributed by atoms with E-state index in [1.807, 2.05) is 35.0 Å². The lowest BCUT2D eigenvalue weighted by Crippen LogP contribution is -2.14. The molecule has 106 valence electrons. The molecule has 5 nitrogen and oxygen atoms in total. The third-order valence-corrected chi connectivity index (χ3v) is 3.10. The van der Waals surface area contributed by atoms with Crippen LogP contribution in [0.1, 0.15) is 32.0 Å². The summed E-state index contributed by atoms with van der Waals surface area (Å²) < 4.78 is 1.90. The van der Waals surface area contributed by atoms with Crippen LogP contribution in [-0.4, -0.2) is 20.7 Å². The van der Waals surface area contributed by atoms with Gasteiger partial charge in [-0.3, -0.25) is 4.79 Å². The molecule has 0 radical (unpaired) electrons. The molecular formula is C15H20N4O. The van der Waals surface area contributed by atoms with E-state index in [1.54, 1.807) is 0 Å². The minimum absolute atomic E-state index is 0.305.